The molecule has 14 heavy (non-hydrogen) atoms. The summed E-state index contributed by atoms with van der Waals surface area (Å²) in [5.74, 6) is 0.513. The summed E-state index contributed by atoms with van der Waals surface area (Å²) in [6.45, 7) is 0.827. The summed E-state index contributed by atoms with van der Waals surface area (Å²) in [6.07, 6.45) is -3.16. The van der Waals surface area contributed by atoms with E-state index in [1.807, 2.05) is 0 Å². The Hall–Kier alpha value is -1.32. The first-order valence-electron chi connectivity index (χ1n) is 4.29. The van der Waals surface area contributed by atoms with Gasteiger partial charge in [0.1, 0.15) is 24.3 Å². The molecule has 0 saturated carbocycles. The minimum atomic E-state index is -1.62. The van der Waals surface area contributed by atoms with Crippen molar-refractivity contribution in [2.24, 2.45) is 0 Å². The quantitative estimate of drug-likeness (QED) is 0.812. The van der Waals surface area contributed by atoms with Gasteiger partial charge in [0.05, 0.1) is 0 Å². The zero-order chi connectivity index (χ0) is 10.6. The number of hydrogen-bond donors (Lipinski definition) is 1. The van der Waals surface area contributed by atoms with E-state index in [4.69, 9.17) is 9.84 Å². The van der Waals surface area contributed by atoms with Gasteiger partial charge in [-0.05, 0) is 31.2 Å². The number of phenolic OH excluding ortho intramolecular Hbond substituents is 1. The molecule has 0 heterocycles. The van der Waals surface area contributed by atoms with Crippen molar-refractivity contribution >= 4 is 0 Å². The maximum absolute atomic E-state index is 12.7. The van der Waals surface area contributed by atoms with Crippen LogP contribution in [0, 0.1) is 0 Å². The van der Waals surface area contributed by atoms with E-state index in [1.165, 1.54) is 24.3 Å². The third-order valence-corrected chi connectivity index (χ3v) is 1.74. The first kappa shape index (κ1) is 10.8. The molecule has 0 aliphatic rings. The standard InChI is InChI=1S/C10H12F2O2/c1-7(11)10(12)6-14-9-4-2-8(13)3-5-9/h2-5,7,10,13H,6H2,1H3. The lowest BCUT2D eigenvalue weighted by Gasteiger charge is -2.10. The number of halogens is 2. The summed E-state index contributed by atoms with van der Waals surface area (Å²) in [5, 5.41) is 8.93. The van der Waals surface area contributed by atoms with Crippen molar-refractivity contribution in [3.8, 4) is 11.5 Å². The molecule has 1 aromatic carbocycles. The van der Waals surface area contributed by atoms with Crippen LogP contribution in [0.15, 0.2) is 24.3 Å². The number of phenols is 1. The second kappa shape index (κ2) is 4.79. The van der Waals surface area contributed by atoms with E-state index < -0.39 is 12.3 Å². The maximum atomic E-state index is 12.7. The van der Waals surface area contributed by atoms with Crippen LogP contribution >= 0.6 is 0 Å². The molecule has 0 saturated heterocycles. The molecule has 0 fully saturated rings. The average Bonchev–Trinajstić information content (AvgIpc) is 2.16. The van der Waals surface area contributed by atoms with Gasteiger partial charge in [0.25, 0.3) is 0 Å². The Morgan fingerprint density at radius 1 is 1.29 bits per heavy atom. The lowest BCUT2D eigenvalue weighted by molar-refractivity contribution is 0.119. The van der Waals surface area contributed by atoms with Crippen molar-refractivity contribution in [2.75, 3.05) is 6.61 Å². The summed E-state index contributed by atoms with van der Waals surface area (Å²) >= 11 is 0. The Morgan fingerprint density at radius 3 is 2.36 bits per heavy atom. The number of hydrogen-bond acceptors (Lipinski definition) is 2. The molecule has 0 aliphatic heterocycles. The Balaban J connectivity index is 2.42. The fourth-order valence-electron chi connectivity index (χ4n) is 0.851. The van der Waals surface area contributed by atoms with Gasteiger partial charge in [-0.25, -0.2) is 8.78 Å². The smallest absolute Gasteiger partial charge is 0.165 e. The lowest BCUT2D eigenvalue weighted by Crippen LogP contribution is -2.21. The lowest BCUT2D eigenvalue weighted by atomic mass is 10.3. The first-order valence-corrected chi connectivity index (χ1v) is 4.29. The van der Waals surface area contributed by atoms with E-state index in [-0.39, 0.29) is 12.4 Å². The van der Waals surface area contributed by atoms with E-state index >= 15 is 0 Å². The van der Waals surface area contributed by atoms with Crippen molar-refractivity contribution in [2.45, 2.75) is 19.3 Å². The number of alkyl halides is 2. The molecule has 0 spiro atoms. The van der Waals surface area contributed by atoms with Crippen LogP contribution in [-0.4, -0.2) is 24.1 Å². The Labute approximate surface area is 81.1 Å². The first-order chi connectivity index (χ1) is 6.59. The van der Waals surface area contributed by atoms with Gasteiger partial charge in [-0.15, -0.1) is 0 Å². The van der Waals surface area contributed by atoms with Crippen molar-refractivity contribution in [1.82, 2.24) is 0 Å². The second-order valence-corrected chi connectivity index (χ2v) is 3.00. The number of rotatable bonds is 4. The number of aromatic hydroxyl groups is 1. The van der Waals surface area contributed by atoms with E-state index in [9.17, 15) is 8.78 Å². The summed E-state index contributed by atoms with van der Waals surface area (Å²) in [5.41, 5.74) is 0. The third kappa shape index (κ3) is 3.20. The average molecular weight is 202 g/mol. The van der Waals surface area contributed by atoms with Crippen molar-refractivity contribution in [1.29, 1.82) is 0 Å². The van der Waals surface area contributed by atoms with Gasteiger partial charge in [-0.2, -0.15) is 0 Å². The molecule has 2 unspecified atom stereocenters. The highest BCUT2D eigenvalue weighted by Gasteiger charge is 2.15. The van der Waals surface area contributed by atoms with Crippen molar-refractivity contribution < 1.29 is 18.6 Å². The van der Waals surface area contributed by atoms with Crippen LogP contribution in [0.1, 0.15) is 6.92 Å². The fourth-order valence-corrected chi connectivity index (χ4v) is 0.851. The van der Waals surface area contributed by atoms with Gasteiger partial charge in [-0.1, -0.05) is 0 Å². The van der Waals surface area contributed by atoms with E-state index in [1.54, 1.807) is 0 Å². The summed E-state index contributed by atoms with van der Waals surface area (Å²) in [6, 6.07) is 5.82. The van der Waals surface area contributed by atoms with E-state index in [2.05, 4.69) is 0 Å². The SMILES string of the molecule is CC(F)C(F)COc1ccc(O)cc1. The van der Waals surface area contributed by atoms with Crippen LogP contribution in [0.25, 0.3) is 0 Å². The van der Waals surface area contributed by atoms with Gasteiger partial charge in [0, 0.05) is 0 Å². The van der Waals surface area contributed by atoms with Crippen LogP contribution in [0.4, 0.5) is 8.78 Å². The van der Waals surface area contributed by atoms with Crippen LogP contribution < -0.4 is 4.74 Å². The minimum absolute atomic E-state index is 0.105. The molecule has 4 heteroatoms. The summed E-state index contributed by atoms with van der Waals surface area (Å²) in [7, 11) is 0. The molecule has 78 valence electrons. The highest BCUT2D eigenvalue weighted by atomic mass is 19.2. The van der Waals surface area contributed by atoms with Crippen LogP contribution in [0.2, 0.25) is 0 Å². The summed E-state index contributed by atoms with van der Waals surface area (Å²) < 4.78 is 30.1. The maximum Gasteiger partial charge on any atom is 0.165 e. The molecule has 0 amide bonds. The molecule has 0 radical (unpaired) electrons. The predicted octanol–water partition coefficient (Wildman–Crippen LogP) is 2.47. The van der Waals surface area contributed by atoms with Crippen LogP contribution in [-0.2, 0) is 0 Å². The molecule has 1 N–H and O–H groups in total. The van der Waals surface area contributed by atoms with Gasteiger partial charge >= 0.3 is 0 Å². The van der Waals surface area contributed by atoms with E-state index in [0.717, 1.165) is 6.92 Å². The molecule has 1 rings (SSSR count). The normalized spacial score (nSPS) is 14.8. The zero-order valence-corrected chi connectivity index (χ0v) is 7.78. The molecule has 2 atom stereocenters. The predicted molar refractivity (Wildman–Crippen MR) is 49.1 cm³/mol. The third-order valence-electron chi connectivity index (χ3n) is 1.74. The Kier molecular flexibility index (Phi) is 3.68. The molecule has 1 aromatic rings. The topological polar surface area (TPSA) is 29.5 Å². The fraction of sp³-hybridized carbons (Fsp3) is 0.400. The van der Waals surface area contributed by atoms with Crippen molar-refractivity contribution in [3.63, 3.8) is 0 Å². The molecule has 2 nitrogen and oxygen atoms in total. The largest absolute Gasteiger partial charge is 0.508 e. The van der Waals surface area contributed by atoms with Gasteiger partial charge in [-0.3, -0.25) is 0 Å². The highest BCUT2D eigenvalue weighted by Crippen LogP contribution is 2.16. The molecule has 0 bridgehead atoms. The molecule has 0 aliphatic carbocycles. The zero-order valence-electron chi connectivity index (χ0n) is 7.78. The Morgan fingerprint density at radius 2 is 1.86 bits per heavy atom. The monoisotopic (exact) mass is 202 g/mol. The van der Waals surface area contributed by atoms with E-state index in [0.29, 0.717) is 5.75 Å². The van der Waals surface area contributed by atoms with Gasteiger partial charge in [0.2, 0.25) is 0 Å². The second-order valence-electron chi connectivity index (χ2n) is 3.00. The summed E-state index contributed by atoms with van der Waals surface area (Å²) in [4.78, 5) is 0. The van der Waals surface area contributed by atoms with Crippen molar-refractivity contribution in [3.05, 3.63) is 24.3 Å². The molecular weight excluding hydrogens is 190 g/mol. The molecular formula is C10H12F2O2. The number of benzene rings is 1. The Bertz CT molecular complexity index is 272. The van der Waals surface area contributed by atoms with Crippen LogP contribution in [0.5, 0.6) is 11.5 Å². The van der Waals surface area contributed by atoms with Gasteiger partial charge < -0.3 is 9.84 Å². The van der Waals surface area contributed by atoms with Gasteiger partial charge in [0.15, 0.2) is 6.17 Å². The number of ether oxygens (including phenoxy) is 1. The minimum Gasteiger partial charge on any atom is -0.508 e. The van der Waals surface area contributed by atoms with Crippen LogP contribution in [0.3, 0.4) is 0 Å². The molecule has 0 aromatic heterocycles. The highest BCUT2D eigenvalue weighted by molar-refractivity contribution is 5.30.